The number of fused-ring (bicyclic) bond motifs is 1. The molecular formula is C27H26ClF2N5O3. The highest BCUT2D eigenvalue weighted by atomic mass is 35.5. The Hall–Kier alpha value is -3.60. The van der Waals surface area contributed by atoms with Crippen LogP contribution in [0.4, 0.5) is 8.78 Å². The number of rotatable bonds is 7. The summed E-state index contributed by atoms with van der Waals surface area (Å²) in [5.74, 6) is -0.477. The van der Waals surface area contributed by atoms with E-state index in [0.717, 1.165) is 12.1 Å². The molecule has 1 fully saturated rings. The molecule has 2 atom stereocenters. The molecule has 2 N–H and O–H groups in total. The second-order valence-corrected chi connectivity index (χ2v) is 9.89. The lowest BCUT2D eigenvalue weighted by atomic mass is 9.98. The van der Waals surface area contributed by atoms with E-state index in [1.54, 1.807) is 24.4 Å². The lowest BCUT2D eigenvalue weighted by Gasteiger charge is -2.23. The average molecular weight is 542 g/mol. The van der Waals surface area contributed by atoms with Crippen molar-refractivity contribution in [2.24, 2.45) is 0 Å². The third-order valence-corrected chi connectivity index (χ3v) is 6.80. The number of phenolic OH excluding ortho intramolecular Hbond substituents is 1. The van der Waals surface area contributed by atoms with Gasteiger partial charge in [0, 0.05) is 54.6 Å². The third-order valence-electron chi connectivity index (χ3n) is 6.59. The predicted molar refractivity (Wildman–Crippen MR) is 141 cm³/mol. The van der Waals surface area contributed by atoms with Crippen LogP contribution in [-0.4, -0.2) is 64.0 Å². The summed E-state index contributed by atoms with van der Waals surface area (Å²) in [7, 11) is 3.42. The maximum absolute atomic E-state index is 14.1. The van der Waals surface area contributed by atoms with E-state index in [-0.39, 0.29) is 28.5 Å². The first-order valence-electron chi connectivity index (χ1n) is 12.0. The van der Waals surface area contributed by atoms with E-state index in [1.807, 2.05) is 11.9 Å². The van der Waals surface area contributed by atoms with Crippen molar-refractivity contribution >= 4 is 22.6 Å². The Morgan fingerprint density at radius 2 is 2.05 bits per heavy atom. The summed E-state index contributed by atoms with van der Waals surface area (Å²) in [5.41, 5.74) is 1.83. The number of benzene rings is 2. The van der Waals surface area contributed by atoms with Crippen LogP contribution in [0.25, 0.3) is 27.8 Å². The second-order valence-electron chi connectivity index (χ2n) is 9.45. The summed E-state index contributed by atoms with van der Waals surface area (Å²) >= 11 is 6.36. The zero-order valence-electron chi connectivity index (χ0n) is 20.8. The van der Waals surface area contributed by atoms with Crippen LogP contribution in [0, 0.1) is 5.82 Å². The van der Waals surface area contributed by atoms with Crippen LogP contribution < -0.4 is 15.6 Å². The number of hydrogen-bond acceptors (Lipinski definition) is 7. The number of phenols is 1. The van der Waals surface area contributed by atoms with Crippen LogP contribution in [0.5, 0.6) is 11.5 Å². The average Bonchev–Trinajstić information content (AvgIpc) is 3.27. The maximum Gasteiger partial charge on any atom is 0.267 e. The standard InChI is InChI=1S/C27H26ClF2N5O3/c1-34(12-19-6-18(30)10-31-19)13-24-23(15-3-16(28)5-22(4-15)38-2)11-32-26-25(24)27(37)35(14-33-26)20-7-17(29)8-21(36)9-20/h3-5,7-9,11,14,18-19,31,36H,6,10,12-13H2,1-2H3/t18?,19-/m0/s1. The molecule has 0 bridgehead atoms. The van der Waals surface area contributed by atoms with Crippen molar-refractivity contribution in [3.63, 3.8) is 0 Å². The molecule has 0 saturated carbocycles. The quantitative estimate of drug-likeness (QED) is 0.364. The number of aromatic hydroxyl groups is 1. The Kier molecular flexibility index (Phi) is 7.29. The second kappa shape index (κ2) is 10.6. The number of ether oxygens (including phenoxy) is 1. The zero-order valence-corrected chi connectivity index (χ0v) is 21.5. The topological polar surface area (TPSA) is 92.5 Å². The molecule has 1 unspecified atom stereocenters. The molecule has 5 rings (SSSR count). The van der Waals surface area contributed by atoms with Crippen molar-refractivity contribution < 1.29 is 18.6 Å². The van der Waals surface area contributed by atoms with Crippen LogP contribution in [0.1, 0.15) is 12.0 Å². The molecule has 0 radical (unpaired) electrons. The molecule has 0 aliphatic carbocycles. The first kappa shape index (κ1) is 26.0. The number of nitrogens with one attached hydrogen (secondary N) is 1. The number of aromatic nitrogens is 3. The fourth-order valence-electron chi connectivity index (χ4n) is 4.90. The molecule has 198 valence electrons. The molecular weight excluding hydrogens is 516 g/mol. The van der Waals surface area contributed by atoms with Gasteiger partial charge in [-0.1, -0.05) is 11.6 Å². The molecule has 1 aliphatic heterocycles. The number of methoxy groups -OCH3 is 1. The van der Waals surface area contributed by atoms with Crippen molar-refractivity contribution in [3.05, 3.63) is 75.7 Å². The van der Waals surface area contributed by atoms with Gasteiger partial charge in [-0.25, -0.2) is 18.7 Å². The smallest absolute Gasteiger partial charge is 0.267 e. The van der Waals surface area contributed by atoms with Gasteiger partial charge in [-0.05, 0) is 48.9 Å². The summed E-state index contributed by atoms with van der Waals surface area (Å²) < 4.78 is 34.4. The lowest BCUT2D eigenvalue weighted by molar-refractivity contribution is 0.285. The monoisotopic (exact) mass is 541 g/mol. The highest BCUT2D eigenvalue weighted by Crippen LogP contribution is 2.33. The number of nitrogens with zero attached hydrogens (tertiary/aromatic N) is 4. The van der Waals surface area contributed by atoms with Crippen LogP contribution in [0.2, 0.25) is 5.02 Å². The molecule has 8 nitrogen and oxygen atoms in total. The van der Waals surface area contributed by atoms with Gasteiger partial charge in [0.2, 0.25) is 0 Å². The van der Waals surface area contributed by atoms with Crippen molar-refractivity contribution in [3.8, 4) is 28.3 Å². The van der Waals surface area contributed by atoms with Crippen molar-refractivity contribution in [1.29, 1.82) is 0 Å². The van der Waals surface area contributed by atoms with Crippen LogP contribution >= 0.6 is 11.6 Å². The normalized spacial score (nSPS) is 17.4. The van der Waals surface area contributed by atoms with Gasteiger partial charge >= 0.3 is 0 Å². The van der Waals surface area contributed by atoms with Gasteiger partial charge in [-0.2, -0.15) is 0 Å². The van der Waals surface area contributed by atoms with E-state index in [4.69, 9.17) is 16.3 Å². The van der Waals surface area contributed by atoms with E-state index in [0.29, 0.717) is 53.5 Å². The maximum atomic E-state index is 14.1. The summed E-state index contributed by atoms with van der Waals surface area (Å²) in [5, 5.41) is 13.8. The van der Waals surface area contributed by atoms with E-state index < -0.39 is 17.5 Å². The van der Waals surface area contributed by atoms with Gasteiger partial charge in [0.25, 0.3) is 5.56 Å². The van der Waals surface area contributed by atoms with Crippen LogP contribution in [-0.2, 0) is 6.54 Å². The van der Waals surface area contributed by atoms with Crippen LogP contribution in [0.3, 0.4) is 0 Å². The van der Waals surface area contributed by atoms with Gasteiger partial charge in [0.1, 0.15) is 29.8 Å². The van der Waals surface area contributed by atoms with Gasteiger partial charge in [-0.3, -0.25) is 9.36 Å². The lowest BCUT2D eigenvalue weighted by Crippen LogP contribution is -2.35. The molecule has 1 saturated heterocycles. The Labute approximate surface area is 222 Å². The summed E-state index contributed by atoms with van der Waals surface area (Å²) in [6.07, 6.45) is 2.42. The largest absolute Gasteiger partial charge is 0.508 e. The van der Waals surface area contributed by atoms with Crippen molar-refractivity contribution in [2.75, 3.05) is 27.2 Å². The van der Waals surface area contributed by atoms with Gasteiger partial charge in [0.05, 0.1) is 18.2 Å². The molecule has 38 heavy (non-hydrogen) atoms. The molecule has 2 aromatic carbocycles. The number of pyridine rings is 1. The molecule has 4 aromatic rings. The summed E-state index contributed by atoms with van der Waals surface area (Å²) in [4.78, 5) is 24.7. The minimum Gasteiger partial charge on any atom is -0.508 e. The summed E-state index contributed by atoms with van der Waals surface area (Å²) in [6, 6.07) is 8.57. The Morgan fingerprint density at radius 3 is 2.76 bits per heavy atom. The van der Waals surface area contributed by atoms with E-state index in [9.17, 15) is 18.7 Å². The zero-order chi connectivity index (χ0) is 27.0. The molecule has 2 aromatic heterocycles. The fourth-order valence-corrected chi connectivity index (χ4v) is 5.12. The van der Waals surface area contributed by atoms with Crippen LogP contribution in [0.15, 0.2) is 53.7 Å². The summed E-state index contributed by atoms with van der Waals surface area (Å²) in [6.45, 7) is 1.18. The highest BCUT2D eigenvalue weighted by molar-refractivity contribution is 6.31. The Bertz CT molecular complexity index is 1540. The van der Waals surface area contributed by atoms with E-state index in [2.05, 4.69) is 15.3 Å². The Morgan fingerprint density at radius 1 is 1.24 bits per heavy atom. The molecule has 1 aliphatic rings. The number of alkyl halides is 1. The van der Waals surface area contributed by atoms with Crippen molar-refractivity contribution in [2.45, 2.75) is 25.2 Å². The molecule has 0 spiro atoms. The first-order chi connectivity index (χ1) is 18.2. The van der Waals surface area contributed by atoms with Crippen molar-refractivity contribution in [1.82, 2.24) is 24.8 Å². The predicted octanol–water partition coefficient (Wildman–Crippen LogP) is 4.09. The molecule has 0 amide bonds. The van der Waals surface area contributed by atoms with Gasteiger partial charge in [0.15, 0.2) is 5.65 Å². The van der Waals surface area contributed by atoms with E-state index >= 15 is 0 Å². The fraction of sp³-hybridized carbons (Fsp3) is 0.296. The first-order valence-corrected chi connectivity index (χ1v) is 12.4. The third kappa shape index (κ3) is 5.33. The molecule has 3 heterocycles. The van der Waals surface area contributed by atoms with Gasteiger partial charge < -0.3 is 20.1 Å². The number of halogens is 3. The van der Waals surface area contributed by atoms with E-state index in [1.165, 1.54) is 24.1 Å². The SMILES string of the molecule is COc1cc(Cl)cc(-c2cnc3ncn(-c4cc(O)cc(F)c4)c(=O)c3c2CN(C)C[C@@H]2CC(F)CN2)c1. The number of hydrogen-bond donors (Lipinski definition) is 2. The van der Waals surface area contributed by atoms with Gasteiger partial charge in [-0.15, -0.1) is 0 Å². The Balaban J connectivity index is 1.69. The molecule has 11 heteroatoms. The minimum absolute atomic E-state index is 0.0251. The number of likely N-dealkylation sites (N-methyl/N-ethyl adjacent to an activating group) is 1. The highest BCUT2D eigenvalue weighted by Gasteiger charge is 2.26. The minimum atomic E-state index is -0.885.